The zero-order chi connectivity index (χ0) is 8.97. The highest BCUT2D eigenvalue weighted by molar-refractivity contribution is 4.95. The third-order valence-corrected chi connectivity index (χ3v) is 2.77. The van der Waals surface area contributed by atoms with Gasteiger partial charge < -0.3 is 5.73 Å². The molecule has 0 aromatic carbocycles. The van der Waals surface area contributed by atoms with Crippen LogP contribution in [0.2, 0.25) is 0 Å². The number of rotatable bonds is 3. The van der Waals surface area contributed by atoms with Gasteiger partial charge in [-0.05, 0) is 44.4 Å². The van der Waals surface area contributed by atoms with Crippen molar-refractivity contribution in [1.82, 2.24) is 0 Å². The highest BCUT2D eigenvalue weighted by atomic mass is 14.6. The van der Waals surface area contributed by atoms with Crippen LogP contribution < -0.4 is 5.73 Å². The van der Waals surface area contributed by atoms with E-state index >= 15 is 0 Å². The molecule has 12 heavy (non-hydrogen) atoms. The molecule has 0 saturated heterocycles. The second kappa shape index (κ2) is 4.66. The quantitative estimate of drug-likeness (QED) is 0.643. The topological polar surface area (TPSA) is 26.0 Å². The molecule has 0 amide bonds. The molecule has 0 radical (unpaired) electrons. The second-order valence-electron chi connectivity index (χ2n) is 4.21. The van der Waals surface area contributed by atoms with E-state index in [1.54, 1.807) is 0 Å². The Labute approximate surface area is 76.0 Å². The molecule has 70 valence electrons. The van der Waals surface area contributed by atoms with E-state index in [4.69, 9.17) is 5.73 Å². The lowest BCUT2D eigenvalue weighted by molar-refractivity contribution is 0.345. The van der Waals surface area contributed by atoms with Gasteiger partial charge in [-0.2, -0.15) is 0 Å². The molecule has 1 rings (SSSR count). The molecule has 1 nitrogen and oxygen atoms in total. The van der Waals surface area contributed by atoms with Crippen LogP contribution in [-0.4, -0.2) is 6.04 Å². The maximum atomic E-state index is 5.78. The minimum Gasteiger partial charge on any atom is -0.328 e. The first-order valence-electron chi connectivity index (χ1n) is 5.12. The number of hydrogen-bond acceptors (Lipinski definition) is 1. The molecule has 1 aliphatic carbocycles. The van der Waals surface area contributed by atoms with Crippen LogP contribution in [0, 0.1) is 11.8 Å². The van der Waals surface area contributed by atoms with Crippen molar-refractivity contribution >= 4 is 0 Å². The van der Waals surface area contributed by atoms with Crippen molar-refractivity contribution in [2.75, 3.05) is 0 Å². The molecule has 0 fully saturated rings. The van der Waals surface area contributed by atoms with E-state index < -0.39 is 0 Å². The summed E-state index contributed by atoms with van der Waals surface area (Å²) < 4.78 is 0. The Morgan fingerprint density at radius 1 is 1.50 bits per heavy atom. The van der Waals surface area contributed by atoms with Gasteiger partial charge in [0, 0.05) is 6.04 Å². The Hall–Kier alpha value is -0.300. The monoisotopic (exact) mass is 167 g/mol. The van der Waals surface area contributed by atoms with Gasteiger partial charge in [0.25, 0.3) is 0 Å². The van der Waals surface area contributed by atoms with E-state index in [0.717, 1.165) is 18.3 Å². The van der Waals surface area contributed by atoms with Gasteiger partial charge in [-0.15, -0.1) is 0 Å². The van der Waals surface area contributed by atoms with Crippen LogP contribution in [0.15, 0.2) is 12.2 Å². The summed E-state index contributed by atoms with van der Waals surface area (Å²) in [6.45, 7) is 4.42. The highest BCUT2D eigenvalue weighted by Gasteiger charge is 2.16. The first-order chi connectivity index (χ1) is 5.70. The molecule has 0 aliphatic heterocycles. The van der Waals surface area contributed by atoms with Gasteiger partial charge >= 0.3 is 0 Å². The summed E-state index contributed by atoms with van der Waals surface area (Å²) >= 11 is 0. The third kappa shape index (κ3) is 2.98. The molecule has 0 aromatic heterocycles. The lowest BCUT2D eigenvalue weighted by Gasteiger charge is -2.24. The van der Waals surface area contributed by atoms with Crippen LogP contribution in [0.5, 0.6) is 0 Å². The zero-order valence-corrected chi connectivity index (χ0v) is 8.29. The Balaban J connectivity index is 2.34. The number of nitrogens with two attached hydrogens (primary N) is 1. The predicted octanol–water partition coefficient (Wildman–Crippen LogP) is 2.72. The third-order valence-electron chi connectivity index (χ3n) is 2.77. The maximum Gasteiger partial charge on any atom is 0.00132 e. The van der Waals surface area contributed by atoms with Crippen LogP contribution in [0.4, 0.5) is 0 Å². The Morgan fingerprint density at radius 3 is 2.75 bits per heavy atom. The van der Waals surface area contributed by atoms with Crippen molar-refractivity contribution in [3.05, 3.63) is 12.2 Å². The van der Waals surface area contributed by atoms with E-state index in [1.165, 1.54) is 19.3 Å². The second-order valence-corrected chi connectivity index (χ2v) is 4.21. The molecular weight excluding hydrogens is 146 g/mol. The number of allylic oxidation sites excluding steroid dienone is 2. The molecule has 1 heteroatoms. The van der Waals surface area contributed by atoms with E-state index in [9.17, 15) is 0 Å². The summed E-state index contributed by atoms with van der Waals surface area (Å²) in [6, 6.07) is 0.357. The summed E-state index contributed by atoms with van der Waals surface area (Å²) in [5.74, 6) is 1.56. The summed E-state index contributed by atoms with van der Waals surface area (Å²) in [5, 5.41) is 0. The van der Waals surface area contributed by atoms with Crippen LogP contribution in [0.25, 0.3) is 0 Å². The molecule has 0 saturated carbocycles. The van der Waals surface area contributed by atoms with Crippen molar-refractivity contribution in [3.63, 3.8) is 0 Å². The standard InChI is InChI=1S/C11H21N/c1-9(8-10(2)12)11-6-4-3-5-7-11/h4,6,9-11H,3,5,7-8,12H2,1-2H3. The van der Waals surface area contributed by atoms with Crippen molar-refractivity contribution in [2.24, 2.45) is 17.6 Å². The summed E-state index contributed by atoms with van der Waals surface area (Å²) in [4.78, 5) is 0. The zero-order valence-electron chi connectivity index (χ0n) is 8.29. The molecule has 0 aromatic rings. The molecule has 0 heterocycles. The normalized spacial score (nSPS) is 28.4. The van der Waals surface area contributed by atoms with E-state index in [-0.39, 0.29) is 0 Å². The summed E-state index contributed by atoms with van der Waals surface area (Å²) in [6.07, 6.45) is 9.88. The minimum atomic E-state index is 0.357. The number of hydrogen-bond donors (Lipinski definition) is 1. The molecule has 2 N–H and O–H groups in total. The molecular formula is C11H21N. The van der Waals surface area contributed by atoms with Crippen LogP contribution in [-0.2, 0) is 0 Å². The van der Waals surface area contributed by atoms with E-state index in [2.05, 4.69) is 26.0 Å². The largest absolute Gasteiger partial charge is 0.328 e. The molecule has 3 atom stereocenters. The van der Waals surface area contributed by atoms with Crippen molar-refractivity contribution in [3.8, 4) is 0 Å². The van der Waals surface area contributed by atoms with Gasteiger partial charge in [0.1, 0.15) is 0 Å². The van der Waals surface area contributed by atoms with Crippen LogP contribution in [0.3, 0.4) is 0 Å². The van der Waals surface area contributed by atoms with Crippen LogP contribution in [0.1, 0.15) is 39.5 Å². The van der Waals surface area contributed by atoms with Gasteiger partial charge in [-0.1, -0.05) is 19.1 Å². The SMILES string of the molecule is CC(N)CC(C)C1C=CCCC1. The average Bonchev–Trinajstić information content (AvgIpc) is 2.05. The van der Waals surface area contributed by atoms with Gasteiger partial charge in [0.2, 0.25) is 0 Å². The molecule has 0 bridgehead atoms. The van der Waals surface area contributed by atoms with Crippen LogP contribution >= 0.6 is 0 Å². The fourth-order valence-corrected chi connectivity index (χ4v) is 2.07. The van der Waals surface area contributed by atoms with Crippen molar-refractivity contribution < 1.29 is 0 Å². The maximum absolute atomic E-state index is 5.78. The van der Waals surface area contributed by atoms with E-state index in [1.807, 2.05) is 0 Å². The predicted molar refractivity (Wildman–Crippen MR) is 53.9 cm³/mol. The fourth-order valence-electron chi connectivity index (χ4n) is 2.07. The lowest BCUT2D eigenvalue weighted by Crippen LogP contribution is -2.22. The molecule has 1 aliphatic rings. The van der Waals surface area contributed by atoms with Gasteiger partial charge in [-0.3, -0.25) is 0 Å². The van der Waals surface area contributed by atoms with E-state index in [0.29, 0.717) is 6.04 Å². The summed E-state index contributed by atoms with van der Waals surface area (Å²) in [5.41, 5.74) is 5.78. The Kier molecular flexibility index (Phi) is 3.80. The lowest BCUT2D eigenvalue weighted by atomic mass is 9.82. The smallest absolute Gasteiger partial charge is 0.00132 e. The Bertz CT molecular complexity index is 149. The average molecular weight is 167 g/mol. The first-order valence-corrected chi connectivity index (χ1v) is 5.12. The van der Waals surface area contributed by atoms with Gasteiger partial charge in [-0.25, -0.2) is 0 Å². The fraction of sp³-hybridized carbons (Fsp3) is 0.818. The van der Waals surface area contributed by atoms with Gasteiger partial charge in [0.05, 0.1) is 0 Å². The van der Waals surface area contributed by atoms with Crippen molar-refractivity contribution in [1.29, 1.82) is 0 Å². The first kappa shape index (κ1) is 9.79. The molecule has 0 spiro atoms. The summed E-state index contributed by atoms with van der Waals surface area (Å²) in [7, 11) is 0. The minimum absolute atomic E-state index is 0.357. The van der Waals surface area contributed by atoms with Crippen molar-refractivity contribution in [2.45, 2.75) is 45.6 Å². The Morgan fingerprint density at radius 2 is 2.25 bits per heavy atom. The van der Waals surface area contributed by atoms with Gasteiger partial charge in [0.15, 0.2) is 0 Å². The highest BCUT2D eigenvalue weighted by Crippen LogP contribution is 2.26. The molecule has 3 unspecified atom stereocenters.